The van der Waals surface area contributed by atoms with Gasteiger partial charge in [-0.2, -0.15) is 5.10 Å². The average Bonchev–Trinajstić information content (AvgIpc) is 3.23. The van der Waals surface area contributed by atoms with E-state index in [1.165, 1.54) is 16.8 Å². The lowest BCUT2D eigenvalue weighted by atomic mass is 9.89. The van der Waals surface area contributed by atoms with Crippen LogP contribution in [-0.4, -0.2) is 43.6 Å². The van der Waals surface area contributed by atoms with Crippen molar-refractivity contribution in [3.63, 3.8) is 0 Å². The zero-order valence-electron chi connectivity index (χ0n) is 16.0. The monoisotopic (exact) mass is 393 g/mol. The van der Waals surface area contributed by atoms with Crippen LogP contribution < -0.4 is 11.2 Å². The summed E-state index contributed by atoms with van der Waals surface area (Å²) in [6.45, 7) is 1.61. The molecule has 0 radical (unpaired) electrons. The van der Waals surface area contributed by atoms with Gasteiger partial charge in [0.05, 0.1) is 6.20 Å². The Hall–Kier alpha value is -3.42. The molecule has 2 aromatic heterocycles. The first-order chi connectivity index (χ1) is 14.1. The second-order valence-corrected chi connectivity index (χ2v) is 7.27. The van der Waals surface area contributed by atoms with Gasteiger partial charge in [-0.05, 0) is 18.4 Å². The van der Waals surface area contributed by atoms with Crippen LogP contribution in [-0.2, 0) is 11.3 Å². The maximum Gasteiger partial charge on any atom is 0.328 e. The molecule has 3 heterocycles. The van der Waals surface area contributed by atoms with Crippen molar-refractivity contribution >= 4 is 5.91 Å². The Morgan fingerprint density at radius 1 is 1.10 bits per heavy atom. The van der Waals surface area contributed by atoms with E-state index >= 15 is 0 Å². The first kappa shape index (κ1) is 18.9. The van der Waals surface area contributed by atoms with Crippen LogP contribution in [0, 0.1) is 0 Å². The molecule has 3 aromatic rings. The number of hydrogen-bond acceptors (Lipinski definition) is 4. The number of nitrogens with one attached hydrogen (secondary N) is 2. The van der Waals surface area contributed by atoms with Crippen LogP contribution in [0.1, 0.15) is 30.9 Å². The maximum absolute atomic E-state index is 12.5. The van der Waals surface area contributed by atoms with Gasteiger partial charge >= 0.3 is 5.69 Å². The van der Waals surface area contributed by atoms with Crippen LogP contribution in [0.5, 0.6) is 0 Å². The predicted octanol–water partition coefficient (Wildman–Crippen LogP) is 1.72. The molecule has 1 amide bonds. The molecule has 0 saturated carbocycles. The summed E-state index contributed by atoms with van der Waals surface area (Å²) in [5, 5.41) is 7.40. The topological polar surface area (TPSA) is 104 Å². The minimum absolute atomic E-state index is 0.0226. The summed E-state index contributed by atoms with van der Waals surface area (Å²) in [6.07, 6.45) is 5.25. The highest BCUT2D eigenvalue weighted by atomic mass is 16.2. The molecule has 1 aliphatic rings. The Balaban J connectivity index is 1.35. The molecule has 1 aromatic carbocycles. The number of carbonyl (C=O) groups is 1. The van der Waals surface area contributed by atoms with E-state index in [1.807, 2.05) is 29.3 Å². The van der Waals surface area contributed by atoms with Crippen molar-refractivity contribution in [1.29, 1.82) is 0 Å². The summed E-state index contributed by atoms with van der Waals surface area (Å²) in [5.74, 6) is 0.355. The lowest BCUT2D eigenvalue weighted by molar-refractivity contribution is -0.132. The van der Waals surface area contributed by atoms with Crippen LogP contribution in [0.4, 0.5) is 0 Å². The van der Waals surface area contributed by atoms with Gasteiger partial charge in [0.25, 0.3) is 5.56 Å². The number of aromatic nitrogens is 4. The smallest absolute Gasteiger partial charge is 0.328 e. The minimum atomic E-state index is -0.489. The molecule has 29 heavy (non-hydrogen) atoms. The van der Waals surface area contributed by atoms with Gasteiger partial charge in [-0.3, -0.25) is 19.7 Å². The van der Waals surface area contributed by atoms with Crippen LogP contribution in [0.25, 0.3) is 11.1 Å². The molecule has 0 spiro atoms. The van der Waals surface area contributed by atoms with Crippen LogP contribution in [0.2, 0.25) is 0 Å². The zero-order chi connectivity index (χ0) is 20.2. The SMILES string of the molecule is O=C(CCn1ccc(=O)[nH]c1=O)N1CCC(c2[nH]ncc2-c2ccccc2)CC1. The Labute approximate surface area is 167 Å². The Kier molecular flexibility index (Phi) is 5.41. The highest BCUT2D eigenvalue weighted by Crippen LogP contribution is 2.33. The first-order valence-electron chi connectivity index (χ1n) is 9.78. The van der Waals surface area contributed by atoms with E-state index in [9.17, 15) is 14.4 Å². The number of rotatable bonds is 5. The van der Waals surface area contributed by atoms with Crippen molar-refractivity contribution in [3.05, 3.63) is 75.3 Å². The third-order valence-corrected chi connectivity index (χ3v) is 5.47. The second kappa shape index (κ2) is 8.30. The summed E-state index contributed by atoms with van der Waals surface area (Å²) in [5.41, 5.74) is 2.46. The van der Waals surface area contributed by atoms with Gasteiger partial charge in [0.15, 0.2) is 0 Å². The predicted molar refractivity (Wildman–Crippen MR) is 109 cm³/mol. The number of piperidine rings is 1. The molecule has 150 valence electrons. The van der Waals surface area contributed by atoms with Gasteiger partial charge in [0.1, 0.15) is 0 Å². The molecule has 1 saturated heterocycles. The second-order valence-electron chi connectivity index (χ2n) is 7.27. The van der Waals surface area contributed by atoms with Gasteiger partial charge in [0.2, 0.25) is 5.91 Å². The van der Waals surface area contributed by atoms with Crippen molar-refractivity contribution in [2.24, 2.45) is 0 Å². The van der Waals surface area contributed by atoms with Crippen molar-refractivity contribution < 1.29 is 4.79 Å². The molecule has 8 nitrogen and oxygen atoms in total. The van der Waals surface area contributed by atoms with Crippen molar-refractivity contribution in [2.45, 2.75) is 31.7 Å². The molecule has 2 N–H and O–H groups in total. The van der Waals surface area contributed by atoms with Crippen LogP contribution >= 0.6 is 0 Å². The Bertz CT molecular complexity index is 1090. The van der Waals surface area contributed by atoms with Crippen molar-refractivity contribution in [2.75, 3.05) is 13.1 Å². The van der Waals surface area contributed by atoms with E-state index in [-0.39, 0.29) is 18.9 Å². The van der Waals surface area contributed by atoms with Gasteiger partial charge < -0.3 is 9.47 Å². The van der Waals surface area contributed by atoms with Gasteiger partial charge in [-0.15, -0.1) is 0 Å². The number of aryl methyl sites for hydroxylation is 1. The summed E-state index contributed by atoms with van der Waals surface area (Å²) in [6, 6.07) is 11.5. The third-order valence-electron chi connectivity index (χ3n) is 5.47. The molecular formula is C21H23N5O3. The normalized spacial score (nSPS) is 14.8. The fraction of sp³-hybridized carbons (Fsp3) is 0.333. The van der Waals surface area contributed by atoms with E-state index in [4.69, 9.17) is 0 Å². The third kappa shape index (κ3) is 4.21. The average molecular weight is 393 g/mol. The molecule has 4 rings (SSSR count). The lowest BCUT2D eigenvalue weighted by Gasteiger charge is -2.32. The molecule has 1 aliphatic heterocycles. The summed E-state index contributed by atoms with van der Waals surface area (Å²) >= 11 is 0. The van der Waals surface area contributed by atoms with E-state index in [1.54, 1.807) is 0 Å². The number of H-pyrrole nitrogens is 2. The molecule has 0 unspecified atom stereocenters. The summed E-state index contributed by atoms with van der Waals surface area (Å²) < 4.78 is 1.35. The van der Waals surface area contributed by atoms with E-state index in [0.717, 1.165) is 29.7 Å². The molecule has 8 heteroatoms. The maximum atomic E-state index is 12.5. The fourth-order valence-electron chi connectivity index (χ4n) is 3.87. The van der Waals surface area contributed by atoms with Gasteiger partial charge in [0, 0.05) is 55.5 Å². The molecular weight excluding hydrogens is 370 g/mol. The fourth-order valence-corrected chi connectivity index (χ4v) is 3.87. The van der Waals surface area contributed by atoms with Gasteiger partial charge in [-0.1, -0.05) is 30.3 Å². The van der Waals surface area contributed by atoms with Gasteiger partial charge in [-0.25, -0.2) is 4.79 Å². The van der Waals surface area contributed by atoms with E-state index in [0.29, 0.717) is 19.0 Å². The lowest BCUT2D eigenvalue weighted by Crippen LogP contribution is -2.39. The number of hydrogen-bond donors (Lipinski definition) is 2. The van der Waals surface area contributed by atoms with E-state index < -0.39 is 11.2 Å². The number of amides is 1. The standard InChI is InChI=1S/C21H23N5O3/c27-18-8-12-26(21(29)23-18)13-9-19(28)25-10-6-16(7-11-25)20-17(14-22-24-20)15-4-2-1-3-5-15/h1-5,8,12,14,16H,6-7,9-11,13H2,(H,22,24)(H,23,27,29). The Morgan fingerprint density at radius 2 is 1.86 bits per heavy atom. The zero-order valence-corrected chi connectivity index (χ0v) is 16.0. The number of benzene rings is 1. The molecule has 0 bridgehead atoms. The summed E-state index contributed by atoms with van der Waals surface area (Å²) in [7, 11) is 0. The van der Waals surface area contributed by atoms with Crippen LogP contribution in [0.3, 0.4) is 0 Å². The first-order valence-corrected chi connectivity index (χ1v) is 9.78. The minimum Gasteiger partial charge on any atom is -0.343 e. The molecule has 0 aliphatic carbocycles. The van der Waals surface area contributed by atoms with Crippen molar-refractivity contribution in [3.8, 4) is 11.1 Å². The highest BCUT2D eigenvalue weighted by Gasteiger charge is 2.26. The highest BCUT2D eigenvalue weighted by molar-refractivity contribution is 5.76. The summed E-state index contributed by atoms with van der Waals surface area (Å²) in [4.78, 5) is 39.4. The largest absolute Gasteiger partial charge is 0.343 e. The molecule has 0 atom stereocenters. The Morgan fingerprint density at radius 3 is 2.59 bits per heavy atom. The van der Waals surface area contributed by atoms with E-state index in [2.05, 4.69) is 27.3 Å². The number of likely N-dealkylation sites (tertiary alicyclic amines) is 1. The number of aromatic amines is 2. The number of carbonyl (C=O) groups excluding carboxylic acids is 1. The van der Waals surface area contributed by atoms with Crippen LogP contribution in [0.15, 0.2) is 58.4 Å². The quantitative estimate of drug-likeness (QED) is 0.689. The number of nitrogens with zero attached hydrogens (tertiary/aromatic N) is 3. The van der Waals surface area contributed by atoms with Crippen molar-refractivity contribution in [1.82, 2.24) is 24.6 Å². The molecule has 1 fully saturated rings.